The van der Waals surface area contributed by atoms with Crippen molar-refractivity contribution in [2.24, 2.45) is 11.7 Å². The van der Waals surface area contributed by atoms with Crippen LogP contribution in [0.5, 0.6) is 0 Å². The zero-order valence-electron chi connectivity index (χ0n) is 5.72. The second kappa shape index (κ2) is 3.25. The lowest BCUT2D eigenvalue weighted by atomic mass is 9.98. The molecule has 2 N–H and O–H groups in total. The lowest BCUT2D eigenvalue weighted by Crippen LogP contribution is -2.33. The SMILES string of the molecule is NC(=S)C1CCN(F)CC1. The molecule has 1 heterocycles. The highest BCUT2D eigenvalue weighted by Gasteiger charge is 2.20. The number of hydrogen-bond donors (Lipinski definition) is 1. The van der Waals surface area contributed by atoms with Crippen molar-refractivity contribution in [3.05, 3.63) is 0 Å². The van der Waals surface area contributed by atoms with Gasteiger partial charge in [-0.2, -0.15) is 0 Å². The molecule has 4 heteroatoms. The standard InChI is InChI=1S/C6H11FN2S/c7-9-3-1-5(2-4-9)6(8)10/h5H,1-4H2,(H2,8,10). The average Bonchev–Trinajstić information content (AvgIpc) is 1.88. The van der Waals surface area contributed by atoms with Crippen molar-refractivity contribution in [3.63, 3.8) is 0 Å². The van der Waals surface area contributed by atoms with Crippen LogP contribution in [0, 0.1) is 5.92 Å². The van der Waals surface area contributed by atoms with E-state index in [2.05, 4.69) is 0 Å². The van der Waals surface area contributed by atoms with E-state index in [9.17, 15) is 4.48 Å². The number of hydrogen-bond acceptors (Lipinski definition) is 2. The Balaban J connectivity index is 2.33. The van der Waals surface area contributed by atoms with Gasteiger partial charge >= 0.3 is 0 Å². The molecular formula is C6H11FN2S. The van der Waals surface area contributed by atoms with E-state index in [0.29, 0.717) is 18.1 Å². The lowest BCUT2D eigenvalue weighted by Gasteiger charge is -2.24. The summed E-state index contributed by atoms with van der Waals surface area (Å²) in [6.07, 6.45) is 1.54. The molecule has 0 aromatic heterocycles. The molecule has 0 unspecified atom stereocenters. The Kier molecular flexibility index (Phi) is 2.56. The molecule has 0 bridgehead atoms. The normalized spacial score (nSPS) is 22.9. The molecule has 0 spiro atoms. The molecular weight excluding hydrogens is 151 g/mol. The molecule has 0 aromatic carbocycles. The fraction of sp³-hybridized carbons (Fsp3) is 0.833. The third kappa shape index (κ3) is 1.88. The number of thiocarbonyl (C=S) groups is 1. The number of nitrogens with two attached hydrogens (primary N) is 1. The fourth-order valence-corrected chi connectivity index (χ4v) is 1.37. The van der Waals surface area contributed by atoms with Gasteiger partial charge in [-0.05, 0) is 12.8 Å². The second-order valence-corrected chi connectivity index (χ2v) is 3.06. The van der Waals surface area contributed by atoms with Gasteiger partial charge in [0.05, 0.1) is 4.99 Å². The number of nitrogens with zero attached hydrogens (tertiary/aromatic N) is 1. The maximum Gasteiger partial charge on any atom is 0.0759 e. The lowest BCUT2D eigenvalue weighted by molar-refractivity contribution is -0.000538. The fourth-order valence-electron chi connectivity index (χ4n) is 1.13. The molecule has 0 aliphatic carbocycles. The van der Waals surface area contributed by atoms with E-state index < -0.39 is 0 Å². The molecule has 0 amide bonds. The second-order valence-electron chi connectivity index (χ2n) is 2.59. The van der Waals surface area contributed by atoms with Gasteiger partial charge < -0.3 is 5.73 Å². The van der Waals surface area contributed by atoms with Crippen LogP contribution in [0.4, 0.5) is 4.48 Å². The molecule has 0 aromatic rings. The minimum absolute atomic E-state index is 0.266. The van der Waals surface area contributed by atoms with E-state index in [-0.39, 0.29) is 5.92 Å². The van der Waals surface area contributed by atoms with Crippen molar-refractivity contribution in [2.75, 3.05) is 13.1 Å². The summed E-state index contributed by atoms with van der Waals surface area (Å²) in [7, 11) is 0. The topological polar surface area (TPSA) is 29.3 Å². The van der Waals surface area contributed by atoms with Gasteiger partial charge in [-0.3, -0.25) is 0 Å². The van der Waals surface area contributed by atoms with Crippen LogP contribution in [-0.4, -0.2) is 23.2 Å². The van der Waals surface area contributed by atoms with Crippen LogP contribution in [0.1, 0.15) is 12.8 Å². The van der Waals surface area contributed by atoms with Crippen LogP contribution in [0.25, 0.3) is 0 Å². The van der Waals surface area contributed by atoms with Crippen LogP contribution in [0.15, 0.2) is 0 Å². The monoisotopic (exact) mass is 162 g/mol. The van der Waals surface area contributed by atoms with Crippen molar-refractivity contribution in [1.82, 2.24) is 5.12 Å². The molecule has 1 aliphatic rings. The van der Waals surface area contributed by atoms with E-state index in [1.54, 1.807) is 0 Å². The summed E-state index contributed by atoms with van der Waals surface area (Å²) in [5, 5.41) is 0.814. The van der Waals surface area contributed by atoms with Gasteiger partial charge in [-0.25, -0.2) is 0 Å². The Bertz CT molecular complexity index is 132. The Labute approximate surface area is 65.1 Å². The quantitative estimate of drug-likeness (QED) is 0.458. The first-order chi connectivity index (χ1) is 4.70. The molecule has 0 atom stereocenters. The van der Waals surface area contributed by atoms with Crippen LogP contribution in [0.2, 0.25) is 0 Å². The minimum Gasteiger partial charge on any atom is -0.393 e. The smallest absolute Gasteiger partial charge is 0.0759 e. The third-order valence-corrected chi connectivity index (χ3v) is 2.18. The zero-order chi connectivity index (χ0) is 7.56. The van der Waals surface area contributed by atoms with Gasteiger partial charge in [0.1, 0.15) is 0 Å². The van der Waals surface area contributed by atoms with Gasteiger partial charge in [0.2, 0.25) is 0 Å². The Morgan fingerprint density at radius 1 is 1.50 bits per heavy atom. The summed E-state index contributed by atoms with van der Waals surface area (Å²) < 4.78 is 12.4. The molecule has 1 fully saturated rings. The van der Waals surface area contributed by atoms with Gasteiger partial charge in [0.15, 0.2) is 0 Å². The Morgan fingerprint density at radius 3 is 2.40 bits per heavy atom. The first kappa shape index (κ1) is 7.88. The summed E-state index contributed by atoms with van der Waals surface area (Å²) in [6, 6.07) is 0. The summed E-state index contributed by atoms with van der Waals surface area (Å²) in [5.74, 6) is 0.266. The zero-order valence-corrected chi connectivity index (χ0v) is 6.53. The average molecular weight is 162 g/mol. The van der Waals surface area contributed by atoms with E-state index in [1.165, 1.54) is 0 Å². The molecule has 0 saturated carbocycles. The summed E-state index contributed by atoms with van der Waals surface area (Å²) >= 11 is 4.79. The largest absolute Gasteiger partial charge is 0.393 e. The Morgan fingerprint density at radius 2 is 2.00 bits per heavy atom. The van der Waals surface area contributed by atoms with Crippen LogP contribution in [-0.2, 0) is 0 Å². The van der Waals surface area contributed by atoms with E-state index in [0.717, 1.165) is 18.0 Å². The highest BCUT2D eigenvalue weighted by molar-refractivity contribution is 7.80. The molecule has 1 rings (SSSR count). The Hall–Kier alpha value is -0.220. The number of halogens is 1. The van der Waals surface area contributed by atoms with Crippen LogP contribution < -0.4 is 5.73 Å². The minimum atomic E-state index is 0.266. The number of rotatable bonds is 1. The molecule has 2 nitrogen and oxygen atoms in total. The highest BCUT2D eigenvalue weighted by atomic mass is 32.1. The number of piperidine rings is 1. The first-order valence-corrected chi connectivity index (χ1v) is 3.81. The maximum atomic E-state index is 12.4. The maximum absolute atomic E-state index is 12.4. The third-order valence-electron chi connectivity index (χ3n) is 1.84. The summed E-state index contributed by atoms with van der Waals surface area (Å²) in [5.41, 5.74) is 5.40. The van der Waals surface area contributed by atoms with Crippen molar-refractivity contribution in [3.8, 4) is 0 Å². The van der Waals surface area contributed by atoms with Crippen LogP contribution >= 0.6 is 12.2 Å². The van der Waals surface area contributed by atoms with Crippen molar-refractivity contribution in [1.29, 1.82) is 0 Å². The molecule has 0 radical (unpaired) electrons. The first-order valence-electron chi connectivity index (χ1n) is 3.40. The van der Waals surface area contributed by atoms with Crippen molar-refractivity contribution >= 4 is 17.2 Å². The molecule has 58 valence electrons. The molecule has 10 heavy (non-hydrogen) atoms. The van der Waals surface area contributed by atoms with Gasteiger partial charge in [0.25, 0.3) is 0 Å². The predicted molar refractivity (Wildman–Crippen MR) is 42.2 cm³/mol. The van der Waals surface area contributed by atoms with Gasteiger partial charge in [-0.15, -0.1) is 9.60 Å². The molecule has 1 aliphatic heterocycles. The summed E-state index contributed by atoms with van der Waals surface area (Å²) in [6.45, 7) is 0.948. The van der Waals surface area contributed by atoms with E-state index in [4.69, 9.17) is 18.0 Å². The van der Waals surface area contributed by atoms with Crippen molar-refractivity contribution in [2.45, 2.75) is 12.8 Å². The summed E-state index contributed by atoms with van der Waals surface area (Å²) in [4.78, 5) is 0.535. The predicted octanol–water partition coefficient (Wildman–Crippen LogP) is 0.869. The van der Waals surface area contributed by atoms with E-state index >= 15 is 0 Å². The van der Waals surface area contributed by atoms with Gasteiger partial charge in [-0.1, -0.05) is 12.2 Å². The molecule has 1 saturated heterocycles. The van der Waals surface area contributed by atoms with Crippen LogP contribution in [0.3, 0.4) is 0 Å². The van der Waals surface area contributed by atoms with Gasteiger partial charge in [0, 0.05) is 19.0 Å². The highest BCUT2D eigenvalue weighted by Crippen LogP contribution is 2.16. The van der Waals surface area contributed by atoms with Crippen molar-refractivity contribution < 1.29 is 4.48 Å². The van der Waals surface area contributed by atoms with E-state index in [1.807, 2.05) is 0 Å².